The summed E-state index contributed by atoms with van der Waals surface area (Å²) in [4.78, 5) is 13.0. The molecule has 4 saturated carbocycles. The summed E-state index contributed by atoms with van der Waals surface area (Å²) in [5.74, 6) is 2.70. The zero-order valence-corrected chi connectivity index (χ0v) is 19.3. The van der Waals surface area contributed by atoms with E-state index in [1.807, 2.05) is 18.2 Å². The molecule has 5 rings (SSSR count). The monoisotopic (exact) mass is 432 g/mol. The minimum Gasteiger partial charge on any atom is -0.383 e. The number of hydrogen-bond donors (Lipinski definition) is 2. The molecule has 0 heterocycles. The molecule has 1 aromatic carbocycles. The minimum absolute atomic E-state index is 0.00978. The van der Waals surface area contributed by atoms with E-state index in [9.17, 15) is 4.79 Å². The van der Waals surface area contributed by atoms with Crippen molar-refractivity contribution in [2.24, 2.45) is 23.2 Å². The molecule has 2 N–H and O–H groups in total. The molecule has 0 aromatic heterocycles. The van der Waals surface area contributed by atoms with Gasteiger partial charge in [-0.3, -0.25) is 4.79 Å². The van der Waals surface area contributed by atoms with Crippen molar-refractivity contribution in [2.75, 3.05) is 26.8 Å². The molecule has 0 radical (unpaired) electrons. The molecule has 4 nitrogen and oxygen atoms in total. The first-order valence-electron chi connectivity index (χ1n) is 11.8. The van der Waals surface area contributed by atoms with Crippen molar-refractivity contribution >= 4 is 17.5 Å². The van der Waals surface area contributed by atoms with Crippen LogP contribution in [-0.2, 0) is 11.2 Å². The molecule has 4 aliphatic carbocycles. The average molecular weight is 433 g/mol. The molecule has 5 heteroatoms. The number of carbonyl (C=O) groups excluding carboxylic acids is 1. The lowest BCUT2D eigenvalue weighted by Gasteiger charge is -2.56. The molecule has 0 saturated heterocycles. The van der Waals surface area contributed by atoms with Crippen LogP contribution in [0.2, 0.25) is 5.02 Å². The van der Waals surface area contributed by atoms with Crippen molar-refractivity contribution in [3.63, 3.8) is 0 Å². The van der Waals surface area contributed by atoms with E-state index in [1.165, 1.54) is 44.1 Å². The Morgan fingerprint density at radius 2 is 1.87 bits per heavy atom. The lowest BCUT2D eigenvalue weighted by Crippen LogP contribution is -2.51. The van der Waals surface area contributed by atoms with Gasteiger partial charge >= 0.3 is 0 Å². The fourth-order valence-corrected chi connectivity index (χ4v) is 6.92. The Morgan fingerprint density at radius 1 is 1.20 bits per heavy atom. The molecule has 1 amide bonds. The Labute approximate surface area is 186 Å². The van der Waals surface area contributed by atoms with Crippen LogP contribution in [0.15, 0.2) is 18.2 Å². The second-order valence-corrected chi connectivity index (χ2v) is 10.7. The molecule has 1 unspecified atom stereocenters. The van der Waals surface area contributed by atoms with Crippen LogP contribution in [0.1, 0.15) is 67.8 Å². The number of benzene rings is 1. The Kier molecular flexibility index (Phi) is 7.06. The first-order valence-corrected chi connectivity index (χ1v) is 12.1. The van der Waals surface area contributed by atoms with Crippen LogP contribution in [-0.4, -0.2) is 38.8 Å². The van der Waals surface area contributed by atoms with Gasteiger partial charge in [-0.1, -0.05) is 17.7 Å². The van der Waals surface area contributed by atoms with Gasteiger partial charge in [-0.05, 0) is 106 Å². The number of rotatable bonds is 10. The molecule has 30 heavy (non-hydrogen) atoms. The van der Waals surface area contributed by atoms with Gasteiger partial charge in [0.05, 0.1) is 17.2 Å². The smallest absolute Gasteiger partial charge is 0.252 e. The summed E-state index contributed by atoms with van der Waals surface area (Å²) < 4.78 is 5.15. The molecular weight excluding hydrogens is 396 g/mol. The quantitative estimate of drug-likeness (QED) is 0.520. The lowest BCUT2D eigenvalue weighted by atomic mass is 9.49. The second-order valence-electron chi connectivity index (χ2n) is 10.3. The van der Waals surface area contributed by atoms with Gasteiger partial charge in [-0.25, -0.2) is 0 Å². The van der Waals surface area contributed by atoms with Gasteiger partial charge in [0.25, 0.3) is 5.91 Å². The fraction of sp³-hybridized carbons (Fsp3) is 0.720. The summed E-state index contributed by atoms with van der Waals surface area (Å²) in [7, 11) is 1.72. The largest absolute Gasteiger partial charge is 0.383 e. The number of amides is 1. The highest BCUT2D eigenvalue weighted by molar-refractivity contribution is 6.33. The fourth-order valence-electron chi connectivity index (χ4n) is 6.72. The van der Waals surface area contributed by atoms with E-state index in [0.717, 1.165) is 50.3 Å². The predicted octanol–water partition coefficient (Wildman–Crippen LogP) is 4.84. The van der Waals surface area contributed by atoms with E-state index in [2.05, 4.69) is 17.6 Å². The van der Waals surface area contributed by atoms with Crippen molar-refractivity contribution in [1.82, 2.24) is 10.6 Å². The van der Waals surface area contributed by atoms with Gasteiger partial charge in [0, 0.05) is 19.7 Å². The second kappa shape index (κ2) is 9.58. The number of hydrogen-bond acceptors (Lipinski definition) is 3. The number of carbonyl (C=O) groups is 1. The van der Waals surface area contributed by atoms with Crippen molar-refractivity contribution in [1.29, 1.82) is 0 Å². The Balaban J connectivity index is 1.30. The van der Waals surface area contributed by atoms with Crippen molar-refractivity contribution < 1.29 is 9.53 Å². The number of aryl methyl sites for hydroxylation is 1. The van der Waals surface area contributed by atoms with Crippen LogP contribution in [0, 0.1) is 23.2 Å². The van der Waals surface area contributed by atoms with Crippen LogP contribution in [0.4, 0.5) is 0 Å². The van der Waals surface area contributed by atoms with E-state index in [0.29, 0.717) is 22.0 Å². The molecule has 4 bridgehead atoms. The standard InChI is InChI=1S/C25H37ClN2O2/c1-17(15-30-2)27-7-3-4-18-5-6-23(26)22(11-18)24(29)28-16-25-12-19-8-20(13-25)10-21(9-19)14-25/h5-6,11,17,19-21,27H,3-4,7-10,12-16H2,1-2H3,(H,28,29). The third-order valence-electron chi connectivity index (χ3n) is 7.62. The maximum Gasteiger partial charge on any atom is 0.252 e. The van der Waals surface area contributed by atoms with E-state index in [-0.39, 0.29) is 5.91 Å². The highest BCUT2D eigenvalue weighted by Gasteiger charge is 2.50. The molecule has 166 valence electrons. The lowest BCUT2D eigenvalue weighted by molar-refractivity contribution is -0.0503. The van der Waals surface area contributed by atoms with Gasteiger partial charge in [-0.2, -0.15) is 0 Å². The summed E-state index contributed by atoms with van der Waals surface area (Å²) in [5, 5.41) is 7.28. The molecule has 4 fully saturated rings. The highest BCUT2D eigenvalue weighted by Crippen LogP contribution is 2.59. The van der Waals surface area contributed by atoms with E-state index >= 15 is 0 Å². The first kappa shape index (κ1) is 22.1. The Bertz CT molecular complexity index is 715. The number of halogens is 1. The summed E-state index contributed by atoms with van der Waals surface area (Å²) in [5.41, 5.74) is 2.14. The number of methoxy groups -OCH3 is 1. The molecule has 1 atom stereocenters. The maximum atomic E-state index is 13.0. The first-order chi connectivity index (χ1) is 14.5. The van der Waals surface area contributed by atoms with E-state index < -0.39 is 0 Å². The molecular formula is C25H37ClN2O2. The van der Waals surface area contributed by atoms with Crippen LogP contribution in [0.3, 0.4) is 0 Å². The van der Waals surface area contributed by atoms with Crippen molar-refractivity contribution in [2.45, 2.75) is 64.3 Å². The van der Waals surface area contributed by atoms with Crippen LogP contribution in [0.25, 0.3) is 0 Å². The van der Waals surface area contributed by atoms with Crippen LogP contribution in [0.5, 0.6) is 0 Å². The predicted molar refractivity (Wildman–Crippen MR) is 122 cm³/mol. The zero-order chi connectivity index (χ0) is 21.1. The van der Waals surface area contributed by atoms with Gasteiger partial charge in [0.15, 0.2) is 0 Å². The molecule has 4 aliphatic rings. The summed E-state index contributed by atoms with van der Waals surface area (Å²) >= 11 is 6.40. The molecule has 0 spiro atoms. The summed E-state index contributed by atoms with van der Waals surface area (Å²) in [6, 6.07) is 6.25. The topological polar surface area (TPSA) is 50.4 Å². The summed E-state index contributed by atoms with van der Waals surface area (Å²) in [6.07, 6.45) is 10.2. The van der Waals surface area contributed by atoms with Crippen LogP contribution >= 0.6 is 11.6 Å². The Hall–Kier alpha value is -1.10. The van der Waals surface area contributed by atoms with Crippen LogP contribution < -0.4 is 10.6 Å². The summed E-state index contributed by atoms with van der Waals surface area (Å²) in [6.45, 7) is 4.59. The average Bonchev–Trinajstić information content (AvgIpc) is 2.70. The van der Waals surface area contributed by atoms with Crippen molar-refractivity contribution in [3.05, 3.63) is 34.3 Å². The maximum absolute atomic E-state index is 13.0. The normalized spacial score (nSPS) is 30.4. The van der Waals surface area contributed by atoms with Gasteiger partial charge < -0.3 is 15.4 Å². The minimum atomic E-state index is -0.00978. The Morgan fingerprint density at radius 3 is 2.50 bits per heavy atom. The SMILES string of the molecule is COCC(C)NCCCc1ccc(Cl)c(C(=O)NCC23CC4CC(CC(C4)C2)C3)c1. The van der Waals surface area contributed by atoms with E-state index in [4.69, 9.17) is 16.3 Å². The van der Waals surface area contributed by atoms with Crippen molar-refractivity contribution in [3.8, 4) is 0 Å². The number of ether oxygens (including phenoxy) is 1. The highest BCUT2D eigenvalue weighted by atomic mass is 35.5. The molecule has 0 aliphatic heterocycles. The van der Waals surface area contributed by atoms with E-state index in [1.54, 1.807) is 7.11 Å². The third kappa shape index (κ3) is 5.20. The van der Waals surface area contributed by atoms with Gasteiger partial charge in [0.2, 0.25) is 0 Å². The molecule has 1 aromatic rings. The zero-order valence-electron chi connectivity index (χ0n) is 18.5. The third-order valence-corrected chi connectivity index (χ3v) is 7.95. The van der Waals surface area contributed by atoms with Gasteiger partial charge in [0.1, 0.15) is 0 Å². The van der Waals surface area contributed by atoms with Gasteiger partial charge in [-0.15, -0.1) is 0 Å². The number of nitrogens with one attached hydrogen (secondary N) is 2.